The van der Waals surface area contributed by atoms with E-state index in [2.05, 4.69) is 5.32 Å². The predicted octanol–water partition coefficient (Wildman–Crippen LogP) is 3.14. The lowest BCUT2D eigenvalue weighted by atomic mass is 9.86. The van der Waals surface area contributed by atoms with E-state index in [-0.39, 0.29) is 37.5 Å². The van der Waals surface area contributed by atoms with E-state index >= 15 is 0 Å². The fourth-order valence-electron chi connectivity index (χ4n) is 2.46. The molecule has 1 aromatic rings. The maximum absolute atomic E-state index is 13.0. The summed E-state index contributed by atoms with van der Waals surface area (Å²) in [5.74, 6) is -3.00. The first kappa shape index (κ1) is 15.9. The van der Waals surface area contributed by atoms with Crippen LogP contribution in [0.15, 0.2) is 30.3 Å². The number of hydrogen-bond donors (Lipinski definition) is 1. The Bertz CT molecular complexity index is 441. The minimum atomic E-state index is -2.59. The highest BCUT2D eigenvalue weighted by atomic mass is 19.3. The van der Waals surface area contributed by atoms with E-state index in [4.69, 9.17) is 4.74 Å². The van der Waals surface area contributed by atoms with E-state index in [1.54, 1.807) is 0 Å². The van der Waals surface area contributed by atoms with Crippen molar-refractivity contribution < 1.29 is 18.3 Å². The van der Waals surface area contributed by atoms with Crippen LogP contribution in [0.3, 0.4) is 0 Å². The number of carbonyl (C=O) groups is 1. The van der Waals surface area contributed by atoms with Gasteiger partial charge in [0.2, 0.25) is 11.8 Å². The van der Waals surface area contributed by atoms with Gasteiger partial charge in [-0.15, -0.1) is 0 Å². The first-order valence-electron chi connectivity index (χ1n) is 7.34. The molecule has 1 amide bonds. The molecule has 1 aliphatic carbocycles. The lowest BCUT2D eigenvalue weighted by molar-refractivity contribution is -0.129. The average molecular weight is 297 g/mol. The van der Waals surface area contributed by atoms with Crippen molar-refractivity contribution in [3.8, 4) is 0 Å². The number of rotatable bonds is 6. The van der Waals surface area contributed by atoms with Crippen molar-refractivity contribution in [1.82, 2.24) is 5.32 Å². The molecule has 1 N–H and O–H groups in total. The van der Waals surface area contributed by atoms with Crippen LogP contribution < -0.4 is 5.32 Å². The van der Waals surface area contributed by atoms with Gasteiger partial charge < -0.3 is 10.1 Å². The zero-order valence-corrected chi connectivity index (χ0v) is 12.0. The van der Waals surface area contributed by atoms with E-state index in [0.717, 1.165) is 5.56 Å². The summed E-state index contributed by atoms with van der Waals surface area (Å²) >= 11 is 0. The van der Waals surface area contributed by atoms with Gasteiger partial charge in [0.05, 0.1) is 13.2 Å². The molecule has 5 heteroatoms. The summed E-state index contributed by atoms with van der Waals surface area (Å²) in [7, 11) is 0. The zero-order valence-electron chi connectivity index (χ0n) is 12.0. The third-order valence-electron chi connectivity index (χ3n) is 3.75. The fraction of sp³-hybridized carbons (Fsp3) is 0.562. The van der Waals surface area contributed by atoms with Gasteiger partial charge in [-0.25, -0.2) is 8.78 Å². The highest BCUT2D eigenvalue weighted by Crippen LogP contribution is 2.36. The summed E-state index contributed by atoms with van der Waals surface area (Å²) in [6.45, 7) is 1.34. The van der Waals surface area contributed by atoms with Gasteiger partial charge in [0.15, 0.2) is 0 Å². The molecule has 1 aromatic carbocycles. The Balaban J connectivity index is 1.57. The number of carbonyl (C=O) groups excluding carboxylic acids is 1. The van der Waals surface area contributed by atoms with Gasteiger partial charge in [0.1, 0.15) is 0 Å². The van der Waals surface area contributed by atoms with Crippen molar-refractivity contribution >= 4 is 5.91 Å². The molecule has 0 spiro atoms. The Hall–Kier alpha value is -1.49. The summed E-state index contributed by atoms with van der Waals surface area (Å²) in [6.07, 6.45) is 0.165. The van der Waals surface area contributed by atoms with Crippen molar-refractivity contribution in [2.24, 2.45) is 5.92 Å². The van der Waals surface area contributed by atoms with Crippen LogP contribution in [0, 0.1) is 5.92 Å². The SMILES string of the molecule is O=C(NCCOCc1ccccc1)C1CCC(F)(F)CC1. The molecule has 3 nitrogen and oxygen atoms in total. The molecule has 0 saturated heterocycles. The number of ether oxygens (including phenoxy) is 1. The molecule has 0 heterocycles. The molecule has 1 fully saturated rings. The van der Waals surface area contributed by atoms with Crippen LogP contribution in [0.2, 0.25) is 0 Å². The molecule has 1 aliphatic rings. The van der Waals surface area contributed by atoms with Gasteiger partial charge in [-0.1, -0.05) is 30.3 Å². The molecule has 1 saturated carbocycles. The van der Waals surface area contributed by atoms with Crippen LogP contribution in [-0.2, 0) is 16.1 Å². The van der Waals surface area contributed by atoms with Crippen LogP contribution in [-0.4, -0.2) is 25.0 Å². The van der Waals surface area contributed by atoms with Gasteiger partial charge in [-0.3, -0.25) is 4.79 Å². The number of hydrogen-bond acceptors (Lipinski definition) is 2. The number of halogens is 2. The molecule has 0 unspecified atom stereocenters. The first-order chi connectivity index (χ1) is 10.1. The third-order valence-corrected chi connectivity index (χ3v) is 3.75. The molecule has 0 bridgehead atoms. The molecule has 0 atom stereocenters. The van der Waals surface area contributed by atoms with Crippen molar-refractivity contribution in [2.75, 3.05) is 13.2 Å². The van der Waals surface area contributed by atoms with Crippen LogP contribution in [0.4, 0.5) is 8.78 Å². The highest BCUT2D eigenvalue weighted by Gasteiger charge is 2.37. The van der Waals surface area contributed by atoms with E-state index in [1.807, 2.05) is 30.3 Å². The second-order valence-electron chi connectivity index (χ2n) is 5.46. The largest absolute Gasteiger partial charge is 0.375 e. The number of amides is 1. The van der Waals surface area contributed by atoms with Crippen LogP contribution in [0.1, 0.15) is 31.2 Å². The van der Waals surface area contributed by atoms with Gasteiger partial charge in [0.25, 0.3) is 0 Å². The molecule has 0 aromatic heterocycles. The van der Waals surface area contributed by atoms with E-state index in [0.29, 0.717) is 19.8 Å². The van der Waals surface area contributed by atoms with Gasteiger partial charge >= 0.3 is 0 Å². The van der Waals surface area contributed by atoms with Crippen molar-refractivity contribution in [3.05, 3.63) is 35.9 Å². The lowest BCUT2D eigenvalue weighted by Gasteiger charge is -2.27. The third kappa shape index (κ3) is 5.42. The molecule has 21 heavy (non-hydrogen) atoms. The molecule has 0 aliphatic heterocycles. The van der Waals surface area contributed by atoms with Crippen molar-refractivity contribution in [2.45, 2.75) is 38.2 Å². The summed E-state index contributed by atoms with van der Waals surface area (Å²) < 4.78 is 31.5. The van der Waals surface area contributed by atoms with E-state index in [1.165, 1.54) is 0 Å². The molecular weight excluding hydrogens is 276 g/mol. The Morgan fingerprint density at radius 3 is 2.57 bits per heavy atom. The quantitative estimate of drug-likeness (QED) is 0.819. The first-order valence-corrected chi connectivity index (χ1v) is 7.34. The van der Waals surface area contributed by atoms with Crippen molar-refractivity contribution in [1.29, 1.82) is 0 Å². The minimum absolute atomic E-state index is 0.131. The number of benzene rings is 1. The molecule has 0 radical (unpaired) electrons. The predicted molar refractivity (Wildman–Crippen MR) is 76.0 cm³/mol. The molecule has 2 rings (SSSR count). The van der Waals surface area contributed by atoms with E-state index in [9.17, 15) is 13.6 Å². The standard InChI is InChI=1S/C16H21F2NO2/c17-16(18)8-6-14(7-9-16)15(20)19-10-11-21-12-13-4-2-1-3-5-13/h1-5,14H,6-12H2,(H,19,20). The van der Waals surface area contributed by atoms with E-state index < -0.39 is 5.92 Å². The van der Waals surface area contributed by atoms with Crippen molar-refractivity contribution in [3.63, 3.8) is 0 Å². The Labute approximate surface area is 123 Å². The van der Waals surface area contributed by atoms with Crippen LogP contribution >= 0.6 is 0 Å². The summed E-state index contributed by atoms with van der Waals surface area (Å²) in [4.78, 5) is 11.8. The topological polar surface area (TPSA) is 38.3 Å². The van der Waals surface area contributed by atoms with Gasteiger partial charge in [0, 0.05) is 25.3 Å². The van der Waals surface area contributed by atoms with Gasteiger partial charge in [-0.05, 0) is 18.4 Å². The van der Waals surface area contributed by atoms with Gasteiger partial charge in [-0.2, -0.15) is 0 Å². The smallest absolute Gasteiger partial charge is 0.248 e. The summed E-state index contributed by atoms with van der Waals surface area (Å²) in [6, 6.07) is 9.78. The Morgan fingerprint density at radius 2 is 1.90 bits per heavy atom. The van der Waals surface area contributed by atoms with Crippen LogP contribution in [0.25, 0.3) is 0 Å². The normalized spacial score (nSPS) is 18.4. The fourth-order valence-corrected chi connectivity index (χ4v) is 2.46. The monoisotopic (exact) mass is 297 g/mol. The zero-order chi connectivity index (χ0) is 15.1. The maximum atomic E-state index is 13.0. The highest BCUT2D eigenvalue weighted by molar-refractivity contribution is 5.78. The summed E-state index contributed by atoms with van der Waals surface area (Å²) in [5.41, 5.74) is 1.08. The second kappa shape index (κ2) is 7.50. The Morgan fingerprint density at radius 1 is 1.24 bits per heavy atom. The number of alkyl halides is 2. The molecule has 116 valence electrons. The second-order valence-corrected chi connectivity index (χ2v) is 5.46. The lowest BCUT2D eigenvalue weighted by Crippen LogP contribution is -2.37. The minimum Gasteiger partial charge on any atom is -0.375 e. The average Bonchev–Trinajstić information content (AvgIpc) is 2.47. The summed E-state index contributed by atoms with van der Waals surface area (Å²) in [5, 5.41) is 2.76. The number of nitrogens with one attached hydrogen (secondary N) is 1. The maximum Gasteiger partial charge on any atom is 0.248 e. The Kier molecular flexibility index (Phi) is 5.67. The molecular formula is C16H21F2NO2. The van der Waals surface area contributed by atoms with Crippen LogP contribution in [0.5, 0.6) is 0 Å².